The molecule has 0 aliphatic carbocycles. The zero-order chi connectivity index (χ0) is 15.3. The van der Waals surface area contributed by atoms with Gasteiger partial charge in [-0.1, -0.05) is 12.1 Å². The van der Waals surface area contributed by atoms with Crippen molar-refractivity contribution in [2.45, 2.75) is 18.6 Å². The summed E-state index contributed by atoms with van der Waals surface area (Å²) in [5, 5.41) is 26.0. The van der Waals surface area contributed by atoms with Gasteiger partial charge in [0.2, 0.25) is 0 Å². The summed E-state index contributed by atoms with van der Waals surface area (Å²) in [6.07, 6.45) is -1.90. The summed E-state index contributed by atoms with van der Waals surface area (Å²) in [5.74, 6) is -4.32. The van der Waals surface area contributed by atoms with E-state index in [2.05, 4.69) is 0 Å². The van der Waals surface area contributed by atoms with Gasteiger partial charge >= 0.3 is 17.9 Å². The number of carbonyl (C=O) groups is 3. The lowest BCUT2D eigenvalue weighted by atomic mass is 10.1. The maximum absolute atomic E-state index is 10.6. The molecule has 0 amide bonds. The summed E-state index contributed by atoms with van der Waals surface area (Å²) in [7, 11) is 0. The molecule has 108 valence electrons. The molecule has 0 unspecified atom stereocenters. The molecule has 8 heteroatoms. The fourth-order valence-electron chi connectivity index (χ4n) is 1.39. The van der Waals surface area contributed by atoms with Crippen molar-refractivity contribution < 1.29 is 34.4 Å². The number of hydrogen-bond donors (Lipinski definition) is 4. The molecule has 5 N–H and O–H groups in total. The highest BCUT2D eigenvalue weighted by Crippen LogP contribution is 2.15. The van der Waals surface area contributed by atoms with E-state index in [1.165, 1.54) is 24.3 Å². The van der Waals surface area contributed by atoms with E-state index in [-0.39, 0.29) is 12.2 Å². The second kappa shape index (κ2) is 6.53. The summed E-state index contributed by atoms with van der Waals surface area (Å²) >= 11 is 0. The monoisotopic (exact) mass is 283 g/mol. The van der Waals surface area contributed by atoms with Crippen LogP contribution in [0.4, 0.5) is 0 Å². The molecule has 1 aromatic rings. The van der Waals surface area contributed by atoms with E-state index in [9.17, 15) is 14.4 Å². The first kappa shape index (κ1) is 15.4. The van der Waals surface area contributed by atoms with Crippen LogP contribution in [-0.2, 0) is 20.8 Å². The Kier molecular flexibility index (Phi) is 5.04. The van der Waals surface area contributed by atoms with Crippen LogP contribution in [0.5, 0.6) is 5.75 Å². The Bertz CT molecular complexity index is 497. The minimum atomic E-state index is -2.00. The summed E-state index contributed by atoms with van der Waals surface area (Å²) in [5.41, 5.74) is 5.97. The minimum absolute atomic E-state index is 0.0486. The van der Waals surface area contributed by atoms with Gasteiger partial charge in [-0.05, 0) is 24.1 Å². The summed E-state index contributed by atoms with van der Waals surface area (Å²) in [6.45, 7) is 0. The van der Waals surface area contributed by atoms with Gasteiger partial charge in [0.15, 0.2) is 0 Å². The Morgan fingerprint density at radius 2 is 1.50 bits per heavy atom. The number of carboxylic acid groups (broad SMARTS) is 3. The number of rotatable bonds is 7. The van der Waals surface area contributed by atoms with Crippen LogP contribution in [0.2, 0.25) is 0 Å². The van der Waals surface area contributed by atoms with Crippen LogP contribution in [0.15, 0.2) is 24.3 Å². The Hall–Kier alpha value is -2.61. The second-order valence-electron chi connectivity index (χ2n) is 3.97. The Labute approximate surface area is 113 Å². The van der Waals surface area contributed by atoms with Gasteiger partial charge in [-0.15, -0.1) is 0 Å². The van der Waals surface area contributed by atoms with Gasteiger partial charge in [0.1, 0.15) is 11.8 Å². The fourth-order valence-corrected chi connectivity index (χ4v) is 1.39. The van der Waals surface area contributed by atoms with Crippen molar-refractivity contribution in [2.75, 3.05) is 0 Å². The Morgan fingerprint density at radius 3 is 1.90 bits per heavy atom. The summed E-state index contributed by atoms with van der Waals surface area (Å²) in [4.78, 5) is 31.9. The molecular weight excluding hydrogens is 270 g/mol. The van der Waals surface area contributed by atoms with Crippen molar-refractivity contribution in [3.8, 4) is 5.75 Å². The molecule has 0 saturated carbocycles. The van der Waals surface area contributed by atoms with Crippen LogP contribution in [0.1, 0.15) is 5.56 Å². The van der Waals surface area contributed by atoms with E-state index in [0.29, 0.717) is 5.56 Å². The van der Waals surface area contributed by atoms with E-state index in [1.807, 2.05) is 0 Å². The van der Waals surface area contributed by atoms with E-state index in [0.717, 1.165) is 0 Å². The van der Waals surface area contributed by atoms with Gasteiger partial charge in [0, 0.05) is 0 Å². The normalized spacial score (nSPS) is 11.9. The van der Waals surface area contributed by atoms with Crippen LogP contribution in [0.3, 0.4) is 0 Å². The molecule has 0 saturated heterocycles. The highest BCUT2D eigenvalue weighted by atomic mass is 16.5. The molecule has 0 bridgehead atoms. The van der Waals surface area contributed by atoms with E-state index >= 15 is 0 Å². The van der Waals surface area contributed by atoms with Gasteiger partial charge in [-0.2, -0.15) is 0 Å². The molecule has 0 spiro atoms. The van der Waals surface area contributed by atoms with Gasteiger partial charge in [-0.3, -0.25) is 4.79 Å². The first-order chi connectivity index (χ1) is 9.31. The van der Waals surface area contributed by atoms with Crippen LogP contribution < -0.4 is 10.5 Å². The average Bonchev–Trinajstić information content (AvgIpc) is 2.36. The third kappa shape index (κ3) is 4.25. The molecule has 20 heavy (non-hydrogen) atoms. The van der Waals surface area contributed by atoms with E-state index in [4.69, 9.17) is 25.8 Å². The SMILES string of the molecule is N[C@@H](Cc1ccc(OC(C(=O)O)C(=O)O)cc1)C(=O)O. The van der Waals surface area contributed by atoms with Gasteiger partial charge in [0.05, 0.1) is 0 Å². The van der Waals surface area contributed by atoms with Crippen molar-refractivity contribution in [2.24, 2.45) is 5.73 Å². The smallest absolute Gasteiger partial charge is 0.356 e. The van der Waals surface area contributed by atoms with Crippen molar-refractivity contribution >= 4 is 17.9 Å². The first-order valence-electron chi connectivity index (χ1n) is 5.51. The maximum Gasteiger partial charge on any atom is 0.356 e. The molecule has 0 heterocycles. The van der Waals surface area contributed by atoms with E-state index < -0.39 is 30.1 Å². The van der Waals surface area contributed by atoms with Gasteiger partial charge in [0.25, 0.3) is 6.10 Å². The van der Waals surface area contributed by atoms with Gasteiger partial charge < -0.3 is 25.8 Å². The third-order valence-electron chi connectivity index (χ3n) is 2.40. The predicted octanol–water partition coefficient (Wildman–Crippen LogP) is -0.442. The Morgan fingerprint density at radius 1 is 1.00 bits per heavy atom. The average molecular weight is 283 g/mol. The molecule has 0 aliphatic heterocycles. The topological polar surface area (TPSA) is 147 Å². The summed E-state index contributed by atoms with van der Waals surface area (Å²) in [6, 6.07) is 4.62. The number of nitrogens with two attached hydrogens (primary N) is 1. The molecule has 1 rings (SSSR count). The number of aliphatic carboxylic acids is 3. The number of hydrogen-bond acceptors (Lipinski definition) is 5. The predicted molar refractivity (Wildman–Crippen MR) is 65.4 cm³/mol. The molecule has 1 atom stereocenters. The maximum atomic E-state index is 10.6. The third-order valence-corrected chi connectivity index (χ3v) is 2.40. The van der Waals surface area contributed by atoms with Crippen molar-refractivity contribution in [1.82, 2.24) is 0 Å². The van der Waals surface area contributed by atoms with E-state index in [1.54, 1.807) is 0 Å². The lowest BCUT2D eigenvalue weighted by molar-refractivity contribution is -0.159. The zero-order valence-corrected chi connectivity index (χ0v) is 10.2. The fraction of sp³-hybridized carbons (Fsp3) is 0.250. The quantitative estimate of drug-likeness (QED) is 0.492. The van der Waals surface area contributed by atoms with Crippen LogP contribution in [0.25, 0.3) is 0 Å². The molecule has 0 fully saturated rings. The molecule has 0 radical (unpaired) electrons. The second-order valence-corrected chi connectivity index (χ2v) is 3.97. The minimum Gasteiger partial charge on any atom is -0.480 e. The molecule has 0 aliphatic rings. The van der Waals surface area contributed by atoms with Crippen LogP contribution >= 0.6 is 0 Å². The standard InChI is InChI=1S/C12H13NO7/c13-8(10(14)15)5-6-1-3-7(4-2-6)20-9(11(16)17)12(18)19/h1-4,8-9H,5,13H2,(H,14,15)(H,16,17)(H,18,19)/t8-/m0/s1. The molecular formula is C12H13NO7. The van der Waals surface area contributed by atoms with Crippen LogP contribution in [-0.4, -0.2) is 45.4 Å². The van der Waals surface area contributed by atoms with Gasteiger partial charge in [-0.25, -0.2) is 9.59 Å². The Balaban J connectivity index is 2.73. The molecule has 8 nitrogen and oxygen atoms in total. The van der Waals surface area contributed by atoms with Crippen molar-refractivity contribution in [3.63, 3.8) is 0 Å². The van der Waals surface area contributed by atoms with Crippen molar-refractivity contribution in [1.29, 1.82) is 0 Å². The van der Waals surface area contributed by atoms with Crippen molar-refractivity contribution in [3.05, 3.63) is 29.8 Å². The largest absolute Gasteiger partial charge is 0.480 e. The molecule has 1 aromatic carbocycles. The number of benzene rings is 1. The highest BCUT2D eigenvalue weighted by molar-refractivity contribution is 5.96. The lowest BCUT2D eigenvalue weighted by Crippen LogP contribution is -2.35. The number of carboxylic acids is 3. The van der Waals surface area contributed by atoms with Crippen LogP contribution in [0, 0.1) is 0 Å². The summed E-state index contributed by atoms with van der Waals surface area (Å²) < 4.78 is 4.80. The number of ether oxygens (including phenoxy) is 1. The highest BCUT2D eigenvalue weighted by Gasteiger charge is 2.27. The lowest BCUT2D eigenvalue weighted by Gasteiger charge is -2.12. The zero-order valence-electron chi connectivity index (χ0n) is 10.2. The molecule has 0 aromatic heterocycles. The first-order valence-corrected chi connectivity index (χ1v) is 5.51.